The van der Waals surface area contributed by atoms with Gasteiger partial charge in [-0.05, 0) is 47.4 Å². The largest absolute Gasteiger partial charge is 0.326 e. The molecule has 0 unspecified atom stereocenters. The summed E-state index contributed by atoms with van der Waals surface area (Å²) in [6, 6.07) is 13.0. The van der Waals surface area contributed by atoms with Gasteiger partial charge in [0.15, 0.2) is 5.78 Å². The average Bonchev–Trinajstić information content (AvgIpc) is 2.53. The van der Waals surface area contributed by atoms with Gasteiger partial charge in [0.1, 0.15) is 5.82 Å². The van der Waals surface area contributed by atoms with Crippen molar-refractivity contribution < 1.29 is 14.0 Å². The minimum atomic E-state index is -0.386. The van der Waals surface area contributed by atoms with Crippen molar-refractivity contribution in [1.29, 1.82) is 0 Å². The van der Waals surface area contributed by atoms with Crippen LogP contribution in [0, 0.1) is 5.82 Å². The maximum absolute atomic E-state index is 12.8. The van der Waals surface area contributed by atoms with E-state index in [1.807, 2.05) is 24.3 Å². The number of Topliss-reactive ketones (excluding diaryl/α,β-unsaturated/α-hetero) is 1. The van der Waals surface area contributed by atoms with Crippen LogP contribution < -0.4 is 5.32 Å². The van der Waals surface area contributed by atoms with Crippen LogP contribution in [0.2, 0.25) is 0 Å². The highest BCUT2D eigenvalue weighted by atomic mass is 19.1. The number of rotatable bonds is 5. The summed E-state index contributed by atoms with van der Waals surface area (Å²) in [4.78, 5) is 23.9. The normalized spacial score (nSPS) is 11.2. The van der Waals surface area contributed by atoms with Crippen LogP contribution >= 0.6 is 0 Å². The predicted octanol–water partition coefficient (Wildman–Crippen LogP) is 4.72. The molecule has 0 aliphatic heterocycles. The highest BCUT2D eigenvalue weighted by Crippen LogP contribution is 2.23. The van der Waals surface area contributed by atoms with Crippen molar-refractivity contribution in [2.24, 2.45) is 0 Å². The molecule has 1 amide bonds. The highest BCUT2D eigenvalue weighted by Gasteiger charge is 2.13. The Kier molecular flexibility index (Phi) is 5.50. The third-order valence-corrected chi connectivity index (χ3v) is 3.78. The molecule has 2 aromatic carbocycles. The molecule has 2 aromatic rings. The Morgan fingerprint density at radius 2 is 1.50 bits per heavy atom. The molecular weight excluding hydrogens is 305 g/mol. The summed E-state index contributed by atoms with van der Waals surface area (Å²) >= 11 is 0. The van der Waals surface area contributed by atoms with E-state index in [1.54, 1.807) is 0 Å². The predicted molar refractivity (Wildman–Crippen MR) is 93.7 cm³/mol. The summed E-state index contributed by atoms with van der Waals surface area (Å²) in [5, 5.41) is 2.79. The summed E-state index contributed by atoms with van der Waals surface area (Å²) < 4.78 is 12.8. The smallest absolute Gasteiger partial charge is 0.224 e. The van der Waals surface area contributed by atoms with E-state index < -0.39 is 0 Å². The van der Waals surface area contributed by atoms with E-state index in [0.29, 0.717) is 11.3 Å². The summed E-state index contributed by atoms with van der Waals surface area (Å²) in [5.41, 5.74) is 2.37. The maximum Gasteiger partial charge on any atom is 0.224 e. The first-order chi connectivity index (χ1) is 11.3. The number of hydrogen-bond acceptors (Lipinski definition) is 2. The zero-order valence-corrected chi connectivity index (χ0v) is 14.2. The first-order valence-electron chi connectivity index (χ1n) is 7.95. The van der Waals surface area contributed by atoms with Crippen LogP contribution in [-0.2, 0) is 10.2 Å². The molecule has 3 nitrogen and oxygen atoms in total. The van der Waals surface area contributed by atoms with Crippen LogP contribution in [0.1, 0.15) is 49.5 Å². The Labute approximate surface area is 141 Å². The average molecular weight is 327 g/mol. The topological polar surface area (TPSA) is 46.2 Å². The number of ketones is 1. The second kappa shape index (κ2) is 7.39. The van der Waals surface area contributed by atoms with Gasteiger partial charge in [-0.25, -0.2) is 4.39 Å². The van der Waals surface area contributed by atoms with Crippen LogP contribution in [0.4, 0.5) is 10.1 Å². The lowest BCUT2D eigenvalue weighted by atomic mass is 9.87. The summed E-state index contributed by atoms with van der Waals surface area (Å²) in [7, 11) is 0. The van der Waals surface area contributed by atoms with Crippen LogP contribution in [0.3, 0.4) is 0 Å². The number of amides is 1. The molecule has 2 rings (SSSR count). The zero-order chi connectivity index (χ0) is 17.7. The molecule has 0 aliphatic carbocycles. The van der Waals surface area contributed by atoms with Crippen molar-refractivity contribution in [2.45, 2.75) is 39.0 Å². The van der Waals surface area contributed by atoms with Crippen molar-refractivity contribution in [3.63, 3.8) is 0 Å². The molecule has 24 heavy (non-hydrogen) atoms. The fraction of sp³-hybridized carbons (Fsp3) is 0.300. The zero-order valence-electron chi connectivity index (χ0n) is 14.2. The molecular formula is C20H22FNO2. The van der Waals surface area contributed by atoms with Gasteiger partial charge in [-0.3, -0.25) is 9.59 Å². The van der Waals surface area contributed by atoms with E-state index in [1.165, 1.54) is 29.8 Å². The lowest BCUT2D eigenvalue weighted by Gasteiger charge is -2.19. The minimum absolute atomic E-state index is 0.0596. The Hall–Kier alpha value is -2.49. The number of carbonyl (C=O) groups excluding carboxylic acids is 2. The Bertz CT molecular complexity index is 713. The first kappa shape index (κ1) is 17.9. The molecule has 0 aliphatic rings. The fourth-order valence-electron chi connectivity index (χ4n) is 2.28. The summed E-state index contributed by atoms with van der Waals surface area (Å²) in [5.74, 6) is -0.773. The Balaban J connectivity index is 1.87. The summed E-state index contributed by atoms with van der Waals surface area (Å²) in [6.07, 6.45) is 0.189. The molecule has 0 saturated carbocycles. The molecule has 0 heterocycles. The van der Waals surface area contributed by atoms with Gasteiger partial charge in [-0.2, -0.15) is 0 Å². The Morgan fingerprint density at radius 1 is 0.917 bits per heavy atom. The van der Waals surface area contributed by atoms with E-state index >= 15 is 0 Å². The Morgan fingerprint density at radius 3 is 2.04 bits per heavy atom. The second-order valence-electron chi connectivity index (χ2n) is 6.81. The first-order valence-corrected chi connectivity index (χ1v) is 7.95. The van der Waals surface area contributed by atoms with Crippen molar-refractivity contribution in [3.05, 3.63) is 65.5 Å². The third kappa shape index (κ3) is 5.01. The van der Waals surface area contributed by atoms with Gasteiger partial charge >= 0.3 is 0 Å². The van der Waals surface area contributed by atoms with Gasteiger partial charge < -0.3 is 5.32 Å². The fourth-order valence-corrected chi connectivity index (χ4v) is 2.28. The minimum Gasteiger partial charge on any atom is -0.326 e. The van der Waals surface area contributed by atoms with Crippen LogP contribution in [-0.4, -0.2) is 11.7 Å². The number of carbonyl (C=O) groups is 2. The van der Waals surface area contributed by atoms with Crippen molar-refractivity contribution in [3.8, 4) is 0 Å². The number of anilines is 1. The van der Waals surface area contributed by atoms with Gasteiger partial charge in [-0.15, -0.1) is 0 Å². The molecule has 0 saturated heterocycles. The standard InChI is InChI=1S/C20H22FNO2/c1-20(2,3)15-6-10-17(11-7-15)22-19(24)13-12-18(23)14-4-8-16(21)9-5-14/h4-11H,12-13H2,1-3H3,(H,22,24). The van der Waals surface area contributed by atoms with Crippen LogP contribution in [0.25, 0.3) is 0 Å². The quantitative estimate of drug-likeness (QED) is 0.807. The lowest BCUT2D eigenvalue weighted by molar-refractivity contribution is -0.116. The lowest BCUT2D eigenvalue weighted by Crippen LogP contribution is -2.14. The molecule has 0 spiro atoms. The van der Waals surface area contributed by atoms with Gasteiger partial charge in [0, 0.05) is 24.1 Å². The molecule has 0 bridgehead atoms. The van der Waals surface area contributed by atoms with Gasteiger partial charge in [0.05, 0.1) is 0 Å². The number of nitrogens with one attached hydrogen (secondary N) is 1. The van der Waals surface area contributed by atoms with E-state index in [9.17, 15) is 14.0 Å². The maximum atomic E-state index is 12.8. The van der Waals surface area contributed by atoms with Crippen molar-refractivity contribution >= 4 is 17.4 Å². The van der Waals surface area contributed by atoms with E-state index in [0.717, 1.165) is 0 Å². The van der Waals surface area contributed by atoms with E-state index in [2.05, 4.69) is 26.1 Å². The molecule has 126 valence electrons. The monoisotopic (exact) mass is 327 g/mol. The molecule has 0 aromatic heterocycles. The second-order valence-corrected chi connectivity index (χ2v) is 6.81. The number of hydrogen-bond donors (Lipinski definition) is 1. The number of halogens is 1. The van der Waals surface area contributed by atoms with Crippen LogP contribution in [0.15, 0.2) is 48.5 Å². The van der Waals surface area contributed by atoms with Gasteiger partial charge in [0.2, 0.25) is 5.91 Å². The van der Waals surface area contributed by atoms with E-state index in [-0.39, 0.29) is 35.8 Å². The van der Waals surface area contributed by atoms with Crippen LogP contribution in [0.5, 0.6) is 0 Å². The molecule has 1 N–H and O–H groups in total. The van der Waals surface area contributed by atoms with E-state index in [4.69, 9.17) is 0 Å². The SMILES string of the molecule is CC(C)(C)c1ccc(NC(=O)CCC(=O)c2ccc(F)cc2)cc1. The van der Waals surface area contributed by atoms with Gasteiger partial charge in [0.25, 0.3) is 0 Å². The molecule has 0 fully saturated rings. The van der Waals surface area contributed by atoms with Crippen molar-refractivity contribution in [2.75, 3.05) is 5.32 Å². The number of benzene rings is 2. The summed E-state index contributed by atoms with van der Waals surface area (Å²) in [6.45, 7) is 6.38. The molecule has 4 heteroatoms. The molecule has 0 radical (unpaired) electrons. The highest BCUT2D eigenvalue weighted by molar-refractivity contribution is 5.99. The van der Waals surface area contributed by atoms with Crippen molar-refractivity contribution in [1.82, 2.24) is 0 Å². The van der Waals surface area contributed by atoms with Gasteiger partial charge in [-0.1, -0.05) is 32.9 Å². The third-order valence-electron chi connectivity index (χ3n) is 3.78. The molecule has 0 atom stereocenters.